The third-order valence-electron chi connectivity index (χ3n) is 2.98. The second-order valence-corrected chi connectivity index (χ2v) is 5.97. The highest BCUT2D eigenvalue weighted by Crippen LogP contribution is 2.32. The highest BCUT2D eigenvalue weighted by Gasteiger charge is 2.24. The van der Waals surface area contributed by atoms with E-state index in [0.717, 1.165) is 15.5 Å². The van der Waals surface area contributed by atoms with Gasteiger partial charge in [-0.05, 0) is 41.4 Å². The fraction of sp³-hybridized carbons (Fsp3) is 0.600. The summed E-state index contributed by atoms with van der Waals surface area (Å²) in [5.41, 5.74) is 2.54. The maximum Gasteiger partial charge on any atom is 0.159 e. The van der Waals surface area contributed by atoms with Gasteiger partial charge in [-0.2, -0.15) is 11.8 Å². The maximum atomic E-state index is 5.37. The fourth-order valence-electron chi connectivity index (χ4n) is 2.05. The Morgan fingerprint density at radius 1 is 1.41 bits per heavy atom. The lowest BCUT2D eigenvalue weighted by Crippen LogP contribution is -2.18. The molecule has 2 rings (SSSR count). The minimum absolute atomic E-state index is 0.490. The smallest absolute Gasteiger partial charge is 0.159 e. The molecule has 1 aliphatic rings. The van der Waals surface area contributed by atoms with Crippen LogP contribution in [0.4, 0.5) is 11.6 Å². The third kappa shape index (κ3) is 3.02. The Morgan fingerprint density at radius 3 is 2.82 bits per heavy atom. The number of halogens is 1. The van der Waals surface area contributed by atoms with Gasteiger partial charge in [-0.25, -0.2) is 15.8 Å². The molecule has 2 unspecified atom stereocenters. The first kappa shape index (κ1) is 12.9. The van der Waals surface area contributed by atoms with Crippen molar-refractivity contribution in [3.8, 4) is 0 Å². The first-order valence-corrected chi connectivity index (χ1v) is 7.59. The average Bonchev–Trinajstić information content (AvgIpc) is 2.79. The molecular formula is C10H16BrN5S. The van der Waals surface area contributed by atoms with E-state index in [-0.39, 0.29) is 0 Å². The molecule has 17 heavy (non-hydrogen) atoms. The van der Waals surface area contributed by atoms with E-state index < -0.39 is 0 Å². The number of anilines is 2. The van der Waals surface area contributed by atoms with Crippen LogP contribution in [0.2, 0.25) is 0 Å². The number of nitrogens with one attached hydrogen (secondary N) is 2. The fourth-order valence-corrected chi connectivity index (χ4v) is 3.28. The molecule has 1 aliphatic carbocycles. The van der Waals surface area contributed by atoms with Crippen LogP contribution in [0.15, 0.2) is 10.8 Å². The number of nitrogen functional groups attached to an aromatic ring is 1. The van der Waals surface area contributed by atoms with Gasteiger partial charge >= 0.3 is 0 Å². The van der Waals surface area contributed by atoms with Gasteiger partial charge in [0.15, 0.2) is 5.82 Å². The van der Waals surface area contributed by atoms with Crippen LogP contribution in [-0.2, 0) is 0 Å². The van der Waals surface area contributed by atoms with Crippen LogP contribution in [0.3, 0.4) is 0 Å². The van der Waals surface area contributed by atoms with E-state index in [1.165, 1.54) is 25.6 Å². The lowest BCUT2D eigenvalue weighted by atomic mass is 10.2. The Hall–Kier alpha value is -0.530. The Balaban J connectivity index is 2.04. The Bertz CT molecular complexity index is 389. The normalized spacial score (nSPS) is 23.7. The summed E-state index contributed by atoms with van der Waals surface area (Å²) in [7, 11) is 0. The molecule has 0 amide bonds. The molecule has 1 heterocycles. The van der Waals surface area contributed by atoms with E-state index in [9.17, 15) is 0 Å². The van der Waals surface area contributed by atoms with Gasteiger partial charge in [-0.1, -0.05) is 0 Å². The van der Waals surface area contributed by atoms with Gasteiger partial charge in [0.2, 0.25) is 0 Å². The number of hydrogen-bond acceptors (Lipinski definition) is 6. The number of thioether (sulfide) groups is 1. The number of hydrazine groups is 1. The summed E-state index contributed by atoms with van der Waals surface area (Å²) in [4.78, 5) is 8.25. The van der Waals surface area contributed by atoms with Gasteiger partial charge in [0, 0.05) is 11.3 Å². The number of nitrogens with zero attached hydrogens (tertiary/aromatic N) is 2. The van der Waals surface area contributed by atoms with Crippen molar-refractivity contribution in [1.82, 2.24) is 9.97 Å². The third-order valence-corrected chi connectivity index (χ3v) is 4.83. The molecule has 0 bridgehead atoms. The summed E-state index contributed by atoms with van der Waals surface area (Å²) in [6, 6.07) is 0.490. The molecule has 0 spiro atoms. The molecule has 2 atom stereocenters. The molecule has 0 saturated heterocycles. The molecule has 1 aromatic rings. The molecule has 0 aliphatic heterocycles. The quantitative estimate of drug-likeness (QED) is 0.584. The van der Waals surface area contributed by atoms with E-state index in [1.54, 1.807) is 0 Å². The molecular weight excluding hydrogens is 302 g/mol. The van der Waals surface area contributed by atoms with Crippen LogP contribution in [0.1, 0.15) is 19.3 Å². The Kier molecular flexibility index (Phi) is 4.47. The SMILES string of the molecule is CSC1CCC(Nc2ncnc(NN)c2Br)C1. The number of nitrogens with two attached hydrogens (primary N) is 1. The molecule has 5 nitrogen and oxygen atoms in total. The highest BCUT2D eigenvalue weighted by atomic mass is 79.9. The first-order chi connectivity index (χ1) is 8.24. The van der Waals surface area contributed by atoms with Crippen LogP contribution in [-0.4, -0.2) is 27.5 Å². The first-order valence-electron chi connectivity index (χ1n) is 5.51. The highest BCUT2D eigenvalue weighted by molar-refractivity contribution is 9.10. The van der Waals surface area contributed by atoms with E-state index in [2.05, 4.69) is 42.9 Å². The van der Waals surface area contributed by atoms with Gasteiger partial charge in [0.1, 0.15) is 16.6 Å². The lowest BCUT2D eigenvalue weighted by Gasteiger charge is -2.15. The van der Waals surface area contributed by atoms with Crippen LogP contribution in [0.5, 0.6) is 0 Å². The Morgan fingerprint density at radius 2 is 2.18 bits per heavy atom. The average molecular weight is 318 g/mol. The van der Waals surface area contributed by atoms with Gasteiger partial charge in [-0.15, -0.1) is 0 Å². The monoisotopic (exact) mass is 317 g/mol. The number of hydrogen-bond donors (Lipinski definition) is 3. The molecule has 7 heteroatoms. The summed E-state index contributed by atoms with van der Waals surface area (Å²) < 4.78 is 0.787. The molecule has 0 aromatic carbocycles. The van der Waals surface area contributed by atoms with E-state index in [0.29, 0.717) is 11.9 Å². The second kappa shape index (κ2) is 5.88. The van der Waals surface area contributed by atoms with Crippen molar-refractivity contribution in [3.63, 3.8) is 0 Å². The minimum Gasteiger partial charge on any atom is -0.366 e. The summed E-state index contributed by atoms with van der Waals surface area (Å²) in [6.07, 6.45) is 7.31. The van der Waals surface area contributed by atoms with E-state index >= 15 is 0 Å². The van der Waals surface area contributed by atoms with Gasteiger partial charge in [-0.3, -0.25) is 0 Å². The van der Waals surface area contributed by atoms with Crippen molar-refractivity contribution in [3.05, 3.63) is 10.8 Å². The second-order valence-electron chi connectivity index (χ2n) is 4.04. The van der Waals surface area contributed by atoms with E-state index in [1.807, 2.05) is 11.8 Å². The zero-order valence-electron chi connectivity index (χ0n) is 9.61. The standard InChI is InChI=1S/C10H16BrN5S/c1-17-7-3-2-6(4-7)15-9-8(11)10(16-12)14-5-13-9/h5-7H,2-4,12H2,1H3,(H2,13,14,15,16). The summed E-state index contributed by atoms with van der Waals surface area (Å²) >= 11 is 5.39. The summed E-state index contributed by atoms with van der Waals surface area (Å²) in [5, 5.41) is 4.21. The predicted octanol–water partition coefficient (Wildman–Crippen LogP) is 2.22. The predicted molar refractivity (Wildman–Crippen MR) is 76.1 cm³/mol. The molecule has 94 valence electrons. The topological polar surface area (TPSA) is 75.9 Å². The van der Waals surface area contributed by atoms with Crippen molar-refractivity contribution < 1.29 is 0 Å². The number of rotatable bonds is 4. The van der Waals surface area contributed by atoms with Crippen LogP contribution in [0, 0.1) is 0 Å². The summed E-state index contributed by atoms with van der Waals surface area (Å²) in [5.74, 6) is 6.77. The van der Waals surface area contributed by atoms with Crippen molar-refractivity contribution in [2.45, 2.75) is 30.6 Å². The van der Waals surface area contributed by atoms with Crippen LogP contribution >= 0.6 is 27.7 Å². The molecule has 1 aromatic heterocycles. The van der Waals surface area contributed by atoms with Crippen molar-refractivity contribution in [1.29, 1.82) is 0 Å². The lowest BCUT2D eigenvalue weighted by molar-refractivity contribution is 0.750. The zero-order chi connectivity index (χ0) is 12.3. The minimum atomic E-state index is 0.490. The Labute approximate surface area is 113 Å². The largest absolute Gasteiger partial charge is 0.366 e. The molecule has 0 radical (unpaired) electrons. The van der Waals surface area contributed by atoms with E-state index in [4.69, 9.17) is 5.84 Å². The maximum absolute atomic E-state index is 5.37. The van der Waals surface area contributed by atoms with Crippen molar-refractivity contribution in [2.24, 2.45) is 5.84 Å². The van der Waals surface area contributed by atoms with Gasteiger partial charge < -0.3 is 10.7 Å². The number of aromatic nitrogens is 2. The van der Waals surface area contributed by atoms with Crippen molar-refractivity contribution in [2.75, 3.05) is 17.0 Å². The van der Waals surface area contributed by atoms with Crippen molar-refractivity contribution >= 4 is 39.3 Å². The molecule has 1 saturated carbocycles. The molecule has 4 N–H and O–H groups in total. The van der Waals surface area contributed by atoms with Crippen LogP contribution < -0.4 is 16.6 Å². The molecule has 1 fully saturated rings. The van der Waals surface area contributed by atoms with Gasteiger partial charge in [0.25, 0.3) is 0 Å². The van der Waals surface area contributed by atoms with Gasteiger partial charge in [0.05, 0.1) is 0 Å². The zero-order valence-corrected chi connectivity index (χ0v) is 12.0. The summed E-state index contributed by atoms with van der Waals surface area (Å²) in [6.45, 7) is 0. The van der Waals surface area contributed by atoms with Crippen LogP contribution in [0.25, 0.3) is 0 Å².